The first kappa shape index (κ1) is 10.0. The summed E-state index contributed by atoms with van der Waals surface area (Å²) in [7, 11) is 0. The largest absolute Gasteiger partial charge is 0.369 e. The van der Waals surface area contributed by atoms with E-state index in [2.05, 4.69) is 31.9 Å². The van der Waals surface area contributed by atoms with E-state index < -0.39 is 3.42 Å². The van der Waals surface area contributed by atoms with Gasteiger partial charge in [-0.1, -0.05) is 32.1 Å². The van der Waals surface area contributed by atoms with E-state index in [0.717, 1.165) is 6.42 Å². The zero-order chi connectivity index (χ0) is 8.32. The van der Waals surface area contributed by atoms with Crippen LogP contribution in [-0.2, 0) is 0 Å². The molecule has 0 heterocycles. The van der Waals surface area contributed by atoms with Crippen molar-refractivity contribution in [1.82, 2.24) is 0 Å². The van der Waals surface area contributed by atoms with Crippen molar-refractivity contribution in [3.8, 4) is 0 Å². The van der Waals surface area contributed by atoms with E-state index in [-0.39, 0.29) is 0 Å². The van der Waals surface area contributed by atoms with Gasteiger partial charge in [-0.15, -0.1) is 0 Å². The molecule has 1 rings (SSSR count). The molecule has 1 aliphatic rings. The summed E-state index contributed by atoms with van der Waals surface area (Å²) in [6.07, 6.45) is 7.42. The van der Waals surface area contributed by atoms with Crippen LogP contribution in [0.1, 0.15) is 38.5 Å². The Labute approximate surface area is 84.8 Å². The maximum atomic E-state index is 9.40. The monoisotopic (exact) mass is 284 g/mol. The average molecular weight is 286 g/mol. The second-order valence-electron chi connectivity index (χ2n) is 3.37. The van der Waals surface area contributed by atoms with E-state index in [0.29, 0.717) is 5.92 Å². The zero-order valence-corrected chi connectivity index (χ0v) is 9.70. The first-order chi connectivity index (χ1) is 5.08. The SMILES string of the molecule is OC(Br)(Br)CC1CCCCC1. The maximum absolute atomic E-state index is 9.40. The summed E-state index contributed by atoms with van der Waals surface area (Å²) in [6, 6.07) is 0. The fourth-order valence-corrected chi connectivity index (χ4v) is 2.65. The summed E-state index contributed by atoms with van der Waals surface area (Å²) in [6.45, 7) is 0. The van der Waals surface area contributed by atoms with Gasteiger partial charge in [0, 0.05) is 0 Å². The Morgan fingerprint density at radius 2 is 1.73 bits per heavy atom. The molecule has 0 amide bonds. The molecule has 1 nitrogen and oxygen atoms in total. The quantitative estimate of drug-likeness (QED) is 0.771. The molecule has 0 unspecified atom stereocenters. The minimum atomic E-state index is -0.817. The van der Waals surface area contributed by atoms with Gasteiger partial charge in [0.05, 0.1) is 0 Å². The third kappa shape index (κ3) is 4.48. The molecule has 0 bridgehead atoms. The molecule has 0 aliphatic heterocycles. The van der Waals surface area contributed by atoms with Crippen LogP contribution in [0.5, 0.6) is 0 Å². The number of hydrogen-bond acceptors (Lipinski definition) is 1. The highest BCUT2D eigenvalue weighted by Crippen LogP contribution is 2.36. The Bertz CT molecular complexity index is 114. The van der Waals surface area contributed by atoms with Crippen LogP contribution in [0.3, 0.4) is 0 Å². The lowest BCUT2D eigenvalue weighted by atomic mass is 9.87. The fourth-order valence-electron chi connectivity index (χ4n) is 1.74. The number of alkyl halides is 2. The van der Waals surface area contributed by atoms with Crippen LogP contribution < -0.4 is 0 Å². The van der Waals surface area contributed by atoms with Crippen LogP contribution in [0, 0.1) is 5.92 Å². The molecule has 0 saturated heterocycles. The second-order valence-corrected chi connectivity index (χ2v) is 7.06. The summed E-state index contributed by atoms with van der Waals surface area (Å²) in [5, 5.41) is 9.40. The Kier molecular flexibility index (Phi) is 3.86. The van der Waals surface area contributed by atoms with Crippen LogP contribution in [0.25, 0.3) is 0 Å². The summed E-state index contributed by atoms with van der Waals surface area (Å²) < 4.78 is -0.817. The van der Waals surface area contributed by atoms with E-state index in [1.807, 2.05) is 0 Å². The fraction of sp³-hybridized carbons (Fsp3) is 1.00. The van der Waals surface area contributed by atoms with Gasteiger partial charge in [0.25, 0.3) is 0 Å². The van der Waals surface area contributed by atoms with Crippen molar-refractivity contribution in [2.45, 2.75) is 41.9 Å². The highest BCUT2D eigenvalue weighted by molar-refractivity contribution is 9.25. The van der Waals surface area contributed by atoms with Crippen LogP contribution >= 0.6 is 31.9 Å². The van der Waals surface area contributed by atoms with Gasteiger partial charge in [-0.25, -0.2) is 0 Å². The number of hydrogen-bond donors (Lipinski definition) is 1. The molecule has 0 aromatic heterocycles. The van der Waals surface area contributed by atoms with E-state index in [1.165, 1.54) is 32.1 Å². The van der Waals surface area contributed by atoms with Crippen LogP contribution in [0.2, 0.25) is 0 Å². The van der Waals surface area contributed by atoms with Gasteiger partial charge in [0.2, 0.25) is 0 Å². The lowest BCUT2D eigenvalue weighted by Crippen LogP contribution is -2.18. The minimum absolute atomic E-state index is 0.701. The lowest BCUT2D eigenvalue weighted by Gasteiger charge is -2.25. The van der Waals surface area contributed by atoms with Crippen LogP contribution in [0.4, 0.5) is 0 Å². The normalized spacial score (nSPS) is 22.1. The van der Waals surface area contributed by atoms with Gasteiger partial charge in [0.1, 0.15) is 0 Å². The predicted octanol–water partition coefficient (Wildman–Crippen LogP) is 3.39. The first-order valence-electron chi connectivity index (χ1n) is 4.18. The molecule has 0 atom stereocenters. The minimum Gasteiger partial charge on any atom is -0.369 e. The van der Waals surface area contributed by atoms with Gasteiger partial charge < -0.3 is 5.11 Å². The van der Waals surface area contributed by atoms with Gasteiger partial charge in [0.15, 0.2) is 3.42 Å². The summed E-state index contributed by atoms with van der Waals surface area (Å²) >= 11 is 6.37. The number of rotatable bonds is 2. The molecule has 3 heteroatoms. The van der Waals surface area contributed by atoms with Crippen molar-refractivity contribution in [3.63, 3.8) is 0 Å². The molecule has 0 aromatic rings. The Hall–Kier alpha value is 0.920. The van der Waals surface area contributed by atoms with Crippen molar-refractivity contribution in [3.05, 3.63) is 0 Å². The standard InChI is InChI=1S/C8H14Br2O/c9-8(10,11)6-7-4-2-1-3-5-7/h7,11H,1-6H2. The number of halogens is 2. The molecular formula is C8H14Br2O. The Morgan fingerprint density at radius 3 is 2.18 bits per heavy atom. The third-order valence-electron chi connectivity index (χ3n) is 2.26. The smallest absolute Gasteiger partial charge is 0.175 e. The first-order valence-corrected chi connectivity index (χ1v) is 5.77. The third-order valence-corrected chi connectivity index (χ3v) is 2.91. The highest BCUT2D eigenvalue weighted by Gasteiger charge is 2.24. The van der Waals surface area contributed by atoms with Crippen molar-refractivity contribution in [2.75, 3.05) is 0 Å². The van der Waals surface area contributed by atoms with Crippen LogP contribution in [-0.4, -0.2) is 8.53 Å². The van der Waals surface area contributed by atoms with Gasteiger partial charge in [-0.2, -0.15) is 0 Å². The predicted molar refractivity (Wildman–Crippen MR) is 54.0 cm³/mol. The van der Waals surface area contributed by atoms with E-state index in [1.54, 1.807) is 0 Å². The molecule has 1 fully saturated rings. The van der Waals surface area contributed by atoms with E-state index in [9.17, 15) is 5.11 Å². The topological polar surface area (TPSA) is 20.2 Å². The molecule has 0 radical (unpaired) electrons. The van der Waals surface area contributed by atoms with Gasteiger partial charge >= 0.3 is 0 Å². The second kappa shape index (κ2) is 4.24. The molecule has 0 spiro atoms. The van der Waals surface area contributed by atoms with Gasteiger partial charge in [-0.05, 0) is 44.2 Å². The maximum Gasteiger partial charge on any atom is 0.175 e. The molecule has 1 N–H and O–H groups in total. The molecular weight excluding hydrogens is 272 g/mol. The molecule has 0 aromatic carbocycles. The van der Waals surface area contributed by atoms with Crippen molar-refractivity contribution in [2.24, 2.45) is 5.92 Å². The average Bonchev–Trinajstić information content (AvgIpc) is 1.85. The summed E-state index contributed by atoms with van der Waals surface area (Å²) in [4.78, 5) is 0. The lowest BCUT2D eigenvalue weighted by molar-refractivity contribution is 0.187. The summed E-state index contributed by atoms with van der Waals surface area (Å²) in [5.41, 5.74) is 0. The van der Waals surface area contributed by atoms with E-state index >= 15 is 0 Å². The summed E-state index contributed by atoms with van der Waals surface area (Å²) in [5.74, 6) is 0.701. The molecule has 1 saturated carbocycles. The van der Waals surface area contributed by atoms with Crippen molar-refractivity contribution >= 4 is 31.9 Å². The highest BCUT2D eigenvalue weighted by atomic mass is 79.9. The van der Waals surface area contributed by atoms with Crippen molar-refractivity contribution in [1.29, 1.82) is 0 Å². The molecule has 66 valence electrons. The van der Waals surface area contributed by atoms with Crippen LogP contribution in [0.15, 0.2) is 0 Å². The molecule has 11 heavy (non-hydrogen) atoms. The van der Waals surface area contributed by atoms with Gasteiger partial charge in [-0.3, -0.25) is 0 Å². The zero-order valence-electron chi connectivity index (χ0n) is 6.52. The Balaban J connectivity index is 2.24. The van der Waals surface area contributed by atoms with Crippen molar-refractivity contribution < 1.29 is 5.11 Å². The van der Waals surface area contributed by atoms with E-state index in [4.69, 9.17) is 0 Å². The Morgan fingerprint density at radius 1 is 1.18 bits per heavy atom. The molecule has 1 aliphatic carbocycles. The number of aliphatic hydroxyl groups is 1.